The van der Waals surface area contributed by atoms with Crippen LogP contribution in [0.3, 0.4) is 0 Å². The molecule has 2 aliphatic rings. The zero-order valence-electron chi connectivity index (χ0n) is 11.5. The summed E-state index contributed by atoms with van der Waals surface area (Å²) in [7, 11) is 0. The lowest BCUT2D eigenvalue weighted by Gasteiger charge is -2.30. The van der Waals surface area contributed by atoms with Crippen molar-refractivity contribution in [3.63, 3.8) is 0 Å². The van der Waals surface area contributed by atoms with Crippen LogP contribution in [0.25, 0.3) is 0 Å². The van der Waals surface area contributed by atoms with Gasteiger partial charge in [0.25, 0.3) is 0 Å². The fraction of sp³-hybridized carbons (Fsp3) is 0.667. The number of carbonyl (C=O) groups is 1. The molecular formula is C15H21NOS. The number of hydrogen-bond acceptors (Lipinski definition) is 3. The van der Waals surface area contributed by atoms with E-state index < -0.39 is 0 Å². The Morgan fingerprint density at radius 1 is 1.50 bits per heavy atom. The van der Waals surface area contributed by atoms with E-state index in [0.717, 1.165) is 18.0 Å². The van der Waals surface area contributed by atoms with Gasteiger partial charge in [0, 0.05) is 17.9 Å². The number of fused-ring (bicyclic) bond motifs is 1. The summed E-state index contributed by atoms with van der Waals surface area (Å²) >= 11 is 1.60. The number of ketones is 1. The zero-order chi connectivity index (χ0) is 13.1. The van der Waals surface area contributed by atoms with Gasteiger partial charge in [0.05, 0.1) is 4.88 Å². The summed E-state index contributed by atoms with van der Waals surface area (Å²) in [6.45, 7) is 10.9. The van der Waals surface area contributed by atoms with Crippen molar-refractivity contribution < 1.29 is 4.79 Å². The molecule has 0 bridgehead atoms. The Hall–Kier alpha value is -0.670. The predicted octanol–water partition coefficient (Wildman–Crippen LogP) is 3.12. The molecule has 3 atom stereocenters. The van der Waals surface area contributed by atoms with Gasteiger partial charge in [0.15, 0.2) is 5.78 Å². The minimum atomic E-state index is 0.196. The average Bonchev–Trinajstić information content (AvgIpc) is 2.67. The molecule has 98 valence electrons. The number of aryl methyl sites for hydroxylation is 1. The molecule has 1 aliphatic heterocycles. The molecule has 0 aromatic carbocycles. The van der Waals surface area contributed by atoms with Crippen molar-refractivity contribution >= 4 is 17.1 Å². The van der Waals surface area contributed by atoms with Crippen LogP contribution in [0, 0.1) is 29.6 Å². The zero-order valence-corrected chi connectivity index (χ0v) is 12.4. The first-order valence-electron chi connectivity index (χ1n) is 6.68. The molecule has 1 saturated carbocycles. The quantitative estimate of drug-likeness (QED) is 0.831. The molecule has 1 aliphatic carbocycles. The standard InChI is InChI=1S/C15H21NOS/c1-9-5-11(18-7-9)13(17)12-10-6-16-8-15(10,12)14(2,3)4/h5,7,10,12,16H,6,8H2,1-4H3. The van der Waals surface area contributed by atoms with E-state index in [1.807, 2.05) is 6.07 Å². The lowest BCUT2D eigenvalue weighted by Crippen LogP contribution is -2.33. The Labute approximate surface area is 113 Å². The molecule has 1 aromatic heterocycles. The number of hydrogen-bond donors (Lipinski definition) is 1. The second-order valence-corrected chi connectivity index (χ2v) is 7.77. The maximum absolute atomic E-state index is 12.7. The average molecular weight is 263 g/mol. The van der Waals surface area contributed by atoms with Gasteiger partial charge in [-0.15, -0.1) is 11.3 Å². The highest BCUT2D eigenvalue weighted by molar-refractivity contribution is 7.12. The third kappa shape index (κ3) is 1.47. The minimum Gasteiger partial charge on any atom is -0.316 e. The Balaban J connectivity index is 1.90. The summed E-state index contributed by atoms with van der Waals surface area (Å²) in [6, 6.07) is 2.05. The van der Waals surface area contributed by atoms with Crippen LogP contribution < -0.4 is 5.32 Å². The fourth-order valence-electron chi connectivity index (χ4n) is 3.91. The summed E-state index contributed by atoms with van der Waals surface area (Å²) < 4.78 is 0. The van der Waals surface area contributed by atoms with Gasteiger partial charge in [-0.2, -0.15) is 0 Å². The largest absolute Gasteiger partial charge is 0.316 e. The Kier molecular flexibility index (Phi) is 2.52. The number of piperidine rings is 1. The van der Waals surface area contributed by atoms with Crippen LogP contribution in [0.15, 0.2) is 11.4 Å². The van der Waals surface area contributed by atoms with E-state index in [9.17, 15) is 4.79 Å². The van der Waals surface area contributed by atoms with Crippen molar-refractivity contribution in [2.24, 2.45) is 22.7 Å². The summed E-state index contributed by atoms with van der Waals surface area (Å²) in [4.78, 5) is 13.6. The minimum absolute atomic E-state index is 0.196. The van der Waals surface area contributed by atoms with Gasteiger partial charge in [-0.05, 0) is 41.8 Å². The second kappa shape index (κ2) is 3.67. The molecule has 0 radical (unpaired) electrons. The van der Waals surface area contributed by atoms with Gasteiger partial charge in [0.2, 0.25) is 0 Å². The third-order valence-electron chi connectivity index (χ3n) is 4.94. The highest BCUT2D eigenvalue weighted by atomic mass is 32.1. The van der Waals surface area contributed by atoms with E-state index in [2.05, 4.69) is 38.4 Å². The summed E-state index contributed by atoms with van der Waals surface area (Å²) in [5.41, 5.74) is 1.60. The van der Waals surface area contributed by atoms with E-state index in [-0.39, 0.29) is 16.7 Å². The van der Waals surface area contributed by atoms with Gasteiger partial charge in [-0.1, -0.05) is 20.8 Å². The SMILES string of the molecule is Cc1csc(C(=O)C2C3CNCC32C(C)(C)C)c1. The lowest BCUT2D eigenvalue weighted by molar-refractivity contribution is 0.0907. The third-order valence-corrected chi connectivity index (χ3v) is 6.01. The summed E-state index contributed by atoms with van der Waals surface area (Å²) in [6.07, 6.45) is 0. The van der Waals surface area contributed by atoms with Gasteiger partial charge in [-0.3, -0.25) is 4.79 Å². The van der Waals surface area contributed by atoms with Crippen molar-refractivity contribution in [2.45, 2.75) is 27.7 Å². The molecule has 1 N–H and O–H groups in total. The first-order chi connectivity index (χ1) is 8.38. The molecule has 2 nitrogen and oxygen atoms in total. The Morgan fingerprint density at radius 3 is 2.72 bits per heavy atom. The van der Waals surface area contributed by atoms with Crippen LogP contribution in [-0.4, -0.2) is 18.9 Å². The van der Waals surface area contributed by atoms with Gasteiger partial charge in [-0.25, -0.2) is 0 Å². The van der Waals surface area contributed by atoms with E-state index in [0.29, 0.717) is 11.7 Å². The van der Waals surface area contributed by atoms with Crippen molar-refractivity contribution in [3.8, 4) is 0 Å². The topological polar surface area (TPSA) is 29.1 Å². The maximum Gasteiger partial charge on any atom is 0.176 e. The molecule has 1 aromatic rings. The van der Waals surface area contributed by atoms with Crippen LogP contribution in [-0.2, 0) is 0 Å². The molecule has 3 rings (SSSR count). The van der Waals surface area contributed by atoms with E-state index in [1.165, 1.54) is 5.56 Å². The maximum atomic E-state index is 12.7. The van der Waals surface area contributed by atoms with Crippen molar-refractivity contribution in [1.82, 2.24) is 5.32 Å². The Morgan fingerprint density at radius 2 is 2.22 bits per heavy atom. The molecule has 0 spiro atoms. The molecule has 0 amide bonds. The van der Waals surface area contributed by atoms with Crippen LogP contribution >= 0.6 is 11.3 Å². The van der Waals surface area contributed by atoms with Crippen LogP contribution in [0.4, 0.5) is 0 Å². The van der Waals surface area contributed by atoms with Crippen LogP contribution in [0.1, 0.15) is 36.0 Å². The fourth-order valence-corrected chi connectivity index (χ4v) is 4.79. The molecule has 18 heavy (non-hydrogen) atoms. The van der Waals surface area contributed by atoms with Crippen molar-refractivity contribution in [2.75, 3.05) is 13.1 Å². The summed E-state index contributed by atoms with van der Waals surface area (Å²) in [5.74, 6) is 1.18. The molecule has 1 saturated heterocycles. The Bertz CT molecular complexity index is 499. The van der Waals surface area contributed by atoms with Gasteiger partial charge in [0.1, 0.15) is 0 Å². The highest BCUT2D eigenvalue weighted by Crippen LogP contribution is 2.70. The molecule has 2 heterocycles. The first-order valence-corrected chi connectivity index (χ1v) is 7.56. The molecular weight excluding hydrogens is 242 g/mol. The highest BCUT2D eigenvalue weighted by Gasteiger charge is 2.73. The molecule has 3 heteroatoms. The van der Waals surface area contributed by atoms with Crippen LogP contribution in [0.5, 0.6) is 0 Å². The number of nitrogens with one attached hydrogen (secondary N) is 1. The monoisotopic (exact) mass is 263 g/mol. The summed E-state index contributed by atoms with van der Waals surface area (Å²) in [5, 5.41) is 5.54. The smallest absolute Gasteiger partial charge is 0.176 e. The van der Waals surface area contributed by atoms with Gasteiger partial charge < -0.3 is 5.32 Å². The first kappa shape index (κ1) is 12.4. The number of rotatable bonds is 2. The lowest BCUT2D eigenvalue weighted by atomic mass is 9.75. The van der Waals surface area contributed by atoms with E-state index in [4.69, 9.17) is 0 Å². The normalized spacial score (nSPS) is 34.4. The van der Waals surface area contributed by atoms with Crippen LogP contribution in [0.2, 0.25) is 0 Å². The molecule has 3 unspecified atom stereocenters. The number of thiophene rings is 1. The van der Waals surface area contributed by atoms with E-state index >= 15 is 0 Å². The number of carbonyl (C=O) groups excluding carboxylic acids is 1. The van der Waals surface area contributed by atoms with Gasteiger partial charge >= 0.3 is 0 Å². The second-order valence-electron chi connectivity index (χ2n) is 6.86. The predicted molar refractivity (Wildman–Crippen MR) is 75.1 cm³/mol. The number of Topliss-reactive ketones (excluding diaryl/α,β-unsaturated/α-hetero) is 1. The molecule has 2 fully saturated rings. The van der Waals surface area contributed by atoms with E-state index in [1.54, 1.807) is 11.3 Å². The van der Waals surface area contributed by atoms with Crippen molar-refractivity contribution in [3.05, 3.63) is 21.9 Å². The van der Waals surface area contributed by atoms with Crippen molar-refractivity contribution in [1.29, 1.82) is 0 Å².